The van der Waals surface area contributed by atoms with Crippen molar-refractivity contribution in [3.63, 3.8) is 0 Å². The van der Waals surface area contributed by atoms with Gasteiger partial charge < -0.3 is 5.32 Å². The lowest BCUT2D eigenvalue weighted by molar-refractivity contribution is -0.119. The fraction of sp³-hybridized carbons (Fsp3) is 0.200. The van der Waals surface area contributed by atoms with Crippen molar-refractivity contribution in [3.05, 3.63) is 58.3 Å². The molecule has 1 aliphatic rings. The molecule has 3 rings (SSSR count). The van der Waals surface area contributed by atoms with Gasteiger partial charge in [-0.05, 0) is 46.0 Å². The van der Waals surface area contributed by atoms with Gasteiger partial charge in [0.1, 0.15) is 0 Å². The van der Waals surface area contributed by atoms with Gasteiger partial charge in [0, 0.05) is 16.6 Å². The first-order valence-corrected chi connectivity index (χ1v) is 7.00. The van der Waals surface area contributed by atoms with Crippen molar-refractivity contribution in [2.24, 2.45) is 5.92 Å². The molecule has 19 heavy (non-hydrogen) atoms. The number of anilines is 1. The summed E-state index contributed by atoms with van der Waals surface area (Å²) in [5, 5.41) is 2.93. The molecule has 0 saturated carbocycles. The molecule has 4 heteroatoms. The van der Waals surface area contributed by atoms with Crippen LogP contribution in [0.5, 0.6) is 0 Å². The van der Waals surface area contributed by atoms with Gasteiger partial charge >= 0.3 is 0 Å². The molecule has 0 radical (unpaired) electrons. The molecule has 1 aliphatic carbocycles. The normalized spacial score (nSPS) is 14.2. The Morgan fingerprint density at radius 2 is 1.89 bits per heavy atom. The van der Waals surface area contributed by atoms with Crippen LogP contribution in [0.25, 0.3) is 0 Å². The van der Waals surface area contributed by atoms with Gasteiger partial charge in [0.25, 0.3) is 0 Å². The molecule has 2 aromatic rings. The number of benzene rings is 1. The molecular weight excluding hydrogens is 304 g/mol. The molecule has 1 aromatic heterocycles. The third-order valence-corrected chi connectivity index (χ3v) is 3.83. The van der Waals surface area contributed by atoms with Crippen LogP contribution in [0.2, 0.25) is 0 Å². The molecule has 1 amide bonds. The number of halogens is 1. The van der Waals surface area contributed by atoms with Crippen LogP contribution < -0.4 is 5.32 Å². The minimum atomic E-state index is 0.0244. The van der Waals surface area contributed by atoms with E-state index in [0.717, 1.165) is 23.0 Å². The Balaban J connectivity index is 1.70. The number of aromatic nitrogens is 1. The highest BCUT2D eigenvalue weighted by molar-refractivity contribution is 9.10. The predicted octanol–water partition coefficient (Wildman–Crippen LogP) is 3.20. The average Bonchev–Trinajstić information content (AvgIpc) is 2.82. The van der Waals surface area contributed by atoms with E-state index in [1.807, 2.05) is 18.2 Å². The Morgan fingerprint density at radius 1 is 1.21 bits per heavy atom. The minimum Gasteiger partial charge on any atom is -0.324 e. The molecular formula is C15H13BrN2O. The van der Waals surface area contributed by atoms with Crippen molar-refractivity contribution in [1.82, 2.24) is 4.98 Å². The van der Waals surface area contributed by atoms with E-state index in [1.54, 1.807) is 12.4 Å². The summed E-state index contributed by atoms with van der Waals surface area (Å²) < 4.78 is 0.861. The monoisotopic (exact) mass is 316 g/mol. The summed E-state index contributed by atoms with van der Waals surface area (Å²) in [6.07, 6.45) is 5.00. The zero-order chi connectivity index (χ0) is 13.2. The van der Waals surface area contributed by atoms with Crippen LogP contribution in [0, 0.1) is 5.92 Å². The molecule has 3 nitrogen and oxygen atoms in total. The number of rotatable bonds is 2. The Morgan fingerprint density at radius 3 is 2.53 bits per heavy atom. The number of pyridine rings is 1. The van der Waals surface area contributed by atoms with Gasteiger partial charge in [-0.2, -0.15) is 0 Å². The molecule has 0 bridgehead atoms. The van der Waals surface area contributed by atoms with E-state index in [9.17, 15) is 4.79 Å². The SMILES string of the molecule is O=C(Nc1cncc(Br)c1)C1Cc2ccccc2C1. The summed E-state index contributed by atoms with van der Waals surface area (Å²) in [6.45, 7) is 0. The van der Waals surface area contributed by atoms with Crippen LogP contribution in [0.4, 0.5) is 5.69 Å². The zero-order valence-corrected chi connectivity index (χ0v) is 11.9. The minimum absolute atomic E-state index is 0.0244. The molecule has 1 aromatic carbocycles. The maximum Gasteiger partial charge on any atom is 0.228 e. The van der Waals surface area contributed by atoms with Crippen LogP contribution in [-0.2, 0) is 17.6 Å². The van der Waals surface area contributed by atoms with Crippen LogP contribution in [0.3, 0.4) is 0 Å². The highest BCUT2D eigenvalue weighted by Crippen LogP contribution is 2.27. The second-order valence-electron chi connectivity index (χ2n) is 4.75. The van der Waals surface area contributed by atoms with E-state index < -0.39 is 0 Å². The standard InChI is InChI=1S/C15H13BrN2O/c16-13-7-14(9-17-8-13)18-15(19)12-5-10-3-1-2-4-11(10)6-12/h1-4,7-9,12H,5-6H2,(H,18,19). The van der Waals surface area contributed by atoms with Crippen LogP contribution in [0.1, 0.15) is 11.1 Å². The van der Waals surface area contributed by atoms with Gasteiger partial charge in [0.15, 0.2) is 0 Å². The van der Waals surface area contributed by atoms with Crippen molar-refractivity contribution in [3.8, 4) is 0 Å². The van der Waals surface area contributed by atoms with E-state index in [-0.39, 0.29) is 11.8 Å². The number of hydrogen-bond acceptors (Lipinski definition) is 2. The van der Waals surface area contributed by atoms with Gasteiger partial charge in [0.05, 0.1) is 11.9 Å². The lowest BCUT2D eigenvalue weighted by atomic mass is 10.1. The molecule has 1 heterocycles. The second-order valence-corrected chi connectivity index (χ2v) is 5.67. The Labute approximate surface area is 120 Å². The quantitative estimate of drug-likeness (QED) is 0.924. The smallest absolute Gasteiger partial charge is 0.228 e. The highest BCUT2D eigenvalue weighted by Gasteiger charge is 2.26. The largest absolute Gasteiger partial charge is 0.324 e. The fourth-order valence-corrected chi connectivity index (χ4v) is 2.83. The lowest BCUT2D eigenvalue weighted by Crippen LogP contribution is -2.23. The molecule has 1 N–H and O–H groups in total. The first-order chi connectivity index (χ1) is 9.22. The first-order valence-electron chi connectivity index (χ1n) is 6.20. The molecule has 0 aliphatic heterocycles. The molecule has 0 spiro atoms. The highest BCUT2D eigenvalue weighted by atomic mass is 79.9. The van der Waals surface area contributed by atoms with Gasteiger partial charge in [-0.1, -0.05) is 24.3 Å². The maximum absolute atomic E-state index is 12.2. The molecule has 96 valence electrons. The number of amides is 1. The summed E-state index contributed by atoms with van der Waals surface area (Å²) in [6, 6.07) is 10.1. The van der Waals surface area contributed by atoms with Crippen LogP contribution in [0.15, 0.2) is 47.2 Å². The van der Waals surface area contributed by atoms with Crippen LogP contribution >= 0.6 is 15.9 Å². The van der Waals surface area contributed by atoms with Crippen molar-refractivity contribution in [2.75, 3.05) is 5.32 Å². The summed E-state index contributed by atoms with van der Waals surface area (Å²) in [5.41, 5.74) is 3.31. The lowest BCUT2D eigenvalue weighted by Gasteiger charge is -2.10. The number of fused-ring (bicyclic) bond motifs is 1. The molecule has 0 saturated heterocycles. The van der Waals surface area contributed by atoms with Crippen molar-refractivity contribution in [1.29, 1.82) is 0 Å². The molecule has 0 fully saturated rings. The predicted molar refractivity (Wildman–Crippen MR) is 77.9 cm³/mol. The Bertz CT molecular complexity index is 602. The maximum atomic E-state index is 12.2. The number of hydrogen-bond donors (Lipinski definition) is 1. The van der Waals surface area contributed by atoms with Gasteiger partial charge in [-0.15, -0.1) is 0 Å². The number of carbonyl (C=O) groups is 1. The number of nitrogens with one attached hydrogen (secondary N) is 1. The number of nitrogens with zero attached hydrogens (tertiary/aromatic N) is 1. The summed E-state index contributed by atoms with van der Waals surface area (Å²) in [7, 11) is 0. The second kappa shape index (κ2) is 5.13. The van der Waals surface area contributed by atoms with Gasteiger partial charge in [-0.3, -0.25) is 9.78 Å². The van der Waals surface area contributed by atoms with Crippen molar-refractivity contribution in [2.45, 2.75) is 12.8 Å². The van der Waals surface area contributed by atoms with Gasteiger partial charge in [-0.25, -0.2) is 0 Å². The van der Waals surface area contributed by atoms with Crippen molar-refractivity contribution < 1.29 is 4.79 Å². The summed E-state index contributed by atoms with van der Waals surface area (Å²) in [5.74, 6) is 0.0903. The molecule has 0 unspecified atom stereocenters. The van der Waals surface area contributed by atoms with Crippen LogP contribution in [-0.4, -0.2) is 10.9 Å². The Hall–Kier alpha value is -1.68. The Kier molecular flexibility index (Phi) is 3.34. The zero-order valence-electron chi connectivity index (χ0n) is 10.3. The number of carbonyl (C=O) groups excluding carboxylic acids is 1. The van der Waals surface area contributed by atoms with E-state index in [4.69, 9.17) is 0 Å². The van der Waals surface area contributed by atoms with E-state index in [1.165, 1.54) is 11.1 Å². The molecule has 0 atom stereocenters. The first kappa shape index (κ1) is 12.4. The summed E-state index contributed by atoms with van der Waals surface area (Å²) in [4.78, 5) is 16.3. The fourth-order valence-electron chi connectivity index (χ4n) is 2.47. The van der Waals surface area contributed by atoms with Crippen molar-refractivity contribution >= 4 is 27.5 Å². The van der Waals surface area contributed by atoms with E-state index in [2.05, 4.69) is 38.4 Å². The summed E-state index contributed by atoms with van der Waals surface area (Å²) >= 11 is 3.35. The van der Waals surface area contributed by atoms with E-state index in [0.29, 0.717) is 0 Å². The van der Waals surface area contributed by atoms with Gasteiger partial charge in [0.2, 0.25) is 5.91 Å². The third kappa shape index (κ3) is 2.68. The van der Waals surface area contributed by atoms with E-state index >= 15 is 0 Å². The third-order valence-electron chi connectivity index (χ3n) is 3.39. The topological polar surface area (TPSA) is 42.0 Å². The average molecular weight is 317 g/mol.